The Balaban J connectivity index is 1.51. The molecular formula is C19H21N5O. The topological polar surface area (TPSA) is 63.1 Å². The van der Waals surface area contributed by atoms with E-state index in [9.17, 15) is 4.79 Å². The van der Waals surface area contributed by atoms with Gasteiger partial charge in [-0.25, -0.2) is 0 Å². The van der Waals surface area contributed by atoms with Crippen LogP contribution in [0.5, 0.6) is 0 Å². The highest BCUT2D eigenvalue weighted by molar-refractivity contribution is 5.94. The number of fused-ring (bicyclic) bond motifs is 2. The van der Waals surface area contributed by atoms with E-state index >= 15 is 0 Å². The highest BCUT2D eigenvalue weighted by Gasteiger charge is 2.26. The molecule has 0 saturated carbocycles. The van der Waals surface area contributed by atoms with Crippen LogP contribution in [0.2, 0.25) is 0 Å². The molecule has 0 saturated heterocycles. The third-order valence-electron chi connectivity index (χ3n) is 4.88. The summed E-state index contributed by atoms with van der Waals surface area (Å²) in [5.41, 5.74) is 2.87. The van der Waals surface area contributed by atoms with Crippen LogP contribution in [0.15, 0.2) is 42.9 Å². The highest BCUT2D eigenvalue weighted by atomic mass is 16.2. The van der Waals surface area contributed by atoms with Crippen LogP contribution in [0.3, 0.4) is 0 Å². The van der Waals surface area contributed by atoms with Crippen LogP contribution in [0, 0.1) is 0 Å². The molecule has 25 heavy (non-hydrogen) atoms. The zero-order valence-electron chi connectivity index (χ0n) is 14.4. The Kier molecular flexibility index (Phi) is 3.97. The summed E-state index contributed by atoms with van der Waals surface area (Å²) in [5, 5.41) is 10.2. The molecule has 6 nitrogen and oxygen atoms in total. The van der Waals surface area contributed by atoms with Crippen LogP contribution in [-0.4, -0.2) is 39.2 Å². The van der Waals surface area contributed by atoms with Gasteiger partial charge in [-0.1, -0.05) is 12.1 Å². The lowest BCUT2D eigenvalue weighted by molar-refractivity contribution is 0.0741. The standard InChI is InChI=1S/C19H21N5O/c1-13(14-3-4-16-10-20-6-5-15(16)9-14)21-11-17-12-22-24-8-7-23(2)19(25)18(17)24/h3-6,9-10,12-13,21H,7-8,11H2,1-2H3. The largest absolute Gasteiger partial charge is 0.339 e. The normalized spacial score (nSPS) is 15.4. The van der Waals surface area contributed by atoms with Gasteiger partial charge in [-0.3, -0.25) is 14.5 Å². The maximum Gasteiger partial charge on any atom is 0.272 e. The summed E-state index contributed by atoms with van der Waals surface area (Å²) in [5.74, 6) is 0.0476. The van der Waals surface area contributed by atoms with Gasteiger partial charge in [-0.2, -0.15) is 5.10 Å². The zero-order chi connectivity index (χ0) is 17.4. The smallest absolute Gasteiger partial charge is 0.272 e. The molecule has 1 atom stereocenters. The second kappa shape index (κ2) is 6.29. The minimum absolute atomic E-state index is 0.0476. The van der Waals surface area contributed by atoms with Gasteiger partial charge in [-0.15, -0.1) is 0 Å². The van der Waals surface area contributed by atoms with E-state index in [1.54, 1.807) is 11.1 Å². The Labute approximate surface area is 146 Å². The van der Waals surface area contributed by atoms with Crippen LogP contribution >= 0.6 is 0 Å². The van der Waals surface area contributed by atoms with Gasteiger partial charge in [0.25, 0.3) is 5.91 Å². The first kappa shape index (κ1) is 15.8. The van der Waals surface area contributed by atoms with Crippen molar-refractivity contribution in [2.75, 3.05) is 13.6 Å². The van der Waals surface area contributed by atoms with Crippen molar-refractivity contribution in [3.8, 4) is 0 Å². The molecule has 6 heteroatoms. The molecular weight excluding hydrogens is 314 g/mol. The van der Waals surface area contributed by atoms with Gasteiger partial charge in [0, 0.05) is 49.5 Å². The van der Waals surface area contributed by atoms with Gasteiger partial charge in [0.05, 0.1) is 12.7 Å². The average Bonchev–Trinajstić information content (AvgIpc) is 3.06. The highest BCUT2D eigenvalue weighted by Crippen LogP contribution is 2.21. The summed E-state index contributed by atoms with van der Waals surface area (Å²) in [4.78, 5) is 18.3. The lowest BCUT2D eigenvalue weighted by Crippen LogP contribution is -2.38. The molecule has 0 aliphatic carbocycles. The van der Waals surface area contributed by atoms with Crippen molar-refractivity contribution in [2.24, 2.45) is 0 Å². The second-order valence-electron chi connectivity index (χ2n) is 6.55. The number of rotatable bonds is 4. The summed E-state index contributed by atoms with van der Waals surface area (Å²) >= 11 is 0. The number of carbonyl (C=O) groups is 1. The molecule has 2 aromatic heterocycles. The molecule has 0 radical (unpaired) electrons. The Morgan fingerprint density at radius 3 is 2.96 bits per heavy atom. The summed E-state index contributed by atoms with van der Waals surface area (Å²) < 4.78 is 1.81. The minimum atomic E-state index is 0.0476. The third kappa shape index (κ3) is 2.89. The third-order valence-corrected chi connectivity index (χ3v) is 4.88. The summed E-state index contributed by atoms with van der Waals surface area (Å²) in [6, 6.07) is 8.59. The molecule has 1 unspecified atom stereocenters. The molecule has 1 N–H and O–H groups in total. The van der Waals surface area contributed by atoms with Gasteiger partial charge in [0.1, 0.15) is 5.69 Å². The summed E-state index contributed by atoms with van der Waals surface area (Å²) in [6.07, 6.45) is 5.49. The number of nitrogens with zero attached hydrogens (tertiary/aromatic N) is 4. The fourth-order valence-corrected chi connectivity index (χ4v) is 3.25. The monoisotopic (exact) mass is 335 g/mol. The number of hydrogen-bond donors (Lipinski definition) is 1. The number of benzene rings is 1. The fraction of sp³-hybridized carbons (Fsp3) is 0.316. The number of likely N-dealkylation sites (N-methyl/N-ethyl adjacent to an activating group) is 1. The molecule has 0 fully saturated rings. The van der Waals surface area contributed by atoms with Crippen LogP contribution in [0.25, 0.3) is 10.8 Å². The average molecular weight is 335 g/mol. The maximum absolute atomic E-state index is 12.4. The van der Waals surface area contributed by atoms with E-state index < -0.39 is 0 Å². The van der Waals surface area contributed by atoms with E-state index in [4.69, 9.17) is 0 Å². The van der Waals surface area contributed by atoms with Crippen molar-refractivity contribution in [2.45, 2.75) is 26.1 Å². The quantitative estimate of drug-likeness (QED) is 0.795. The lowest BCUT2D eigenvalue weighted by Gasteiger charge is -2.24. The Bertz CT molecular complexity index is 932. The number of carbonyl (C=O) groups excluding carboxylic acids is 1. The maximum atomic E-state index is 12.4. The Hall–Kier alpha value is -2.73. The molecule has 3 aromatic rings. The lowest BCUT2D eigenvalue weighted by atomic mass is 10.0. The second-order valence-corrected chi connectivity index (χ2v) is 6.55. The van der Waals surface area contributed by atoms with Crippen LogP contribution in [-0.2, 0) is 13.1 Å². The van der Waals surface area contributed by atoms with Crippen molar-refractivity contribution in [1.29, 1.82) is 0 Å². The first-order chi connectivity index (χ1) is 12.1. The molecule has 4 rings (SSSR count). The van der Waals surface area contributed by atoms with Crippen molar-refractivity contribution in [1.82, 2.24) is 25.0 Å². The Morgan fingerprint density at radius 1 is 1.20 bits per heavy atom. The van der Waals surface area contributed by atoms with Gasteiger partial charge in [0.15, 0.2) is 0 Å². The summed E-state index contributed by atoms with van der Waals surface area (Å²) in [6.45, 7) is 4.21. The SMILES string of the molecule is CC(NCc1cnn2c1C(=O)N(C)CC2)c1ccc2cnccc2c1. The molecule has 128 valence electrons. The van der Waals surface area contributed by atoms with E-state index in [1.165, 1.54) is 10.9 Å². The first-order valence-electron chi connectivity index (χ1n) is 8.50. The van der Waals surface area contributed by atoms with Gasteiger partial charge >= 0.3 is 0 Å². The first-order valence-corrected chi connectivity index (χ1v) is 8.50. The van der Waals surface area contributed by atoms with E-state index in [0.29, 0.717) is 18.8 Å². The molecule has 1 aliphatic rings. The van der Waals surface area contributed by atoms with Crippen molar-refractivity contribution >= 4 is 16.7 Å². The minimum Gasteiger partial charge on any atom is -0.339 e. The number of nitrogens with one attached hydrogen (secondary N) is 1. The fourth-order valence-electron chi connectivity index (χ4n) is 3.25. The van der Waals surface area contributed by atoms with Crippen molar-refractivity contribution in [3.05, 3.63) is 59.7 Å². The van der Waals surface area contributed by atoms with Crippen molar-refractivity contribution < 1.29 is 4.79 Å². The zero-order valence-corrected chi connectivity index (χ0v) is 14.4. The predicted molar refractivity (Wildman–Crippen MR) is 96.2 cm³/mol. The van der Waals surface area contributed by atoms with E-state index in [0.717, 1.165) is 17.5 Å². The predicted octanol–water partition coefficient (Wildman–Crippen LogP) is 2.37. The molecule has 1 aliphatic heterocycles. The molecule has 0 bridgehead atoms. The van der Waals surface area contributed by atoms with Crippen LogP contribution in [0.4, 0.5) is 0 Å². The summed E-state index contributed by atoms with van der Waals surface area (Å²) in [7, 11) is 1.84. The van der Waals surface area contributed by atoms with Gasteiger partial charge < -0.3 is 10.2 Å². The van der Waals surface area contributed by atoms with Crippen LogP contribution < -0.4 is 5.32 Å². The molecule has 1 amide bonds. The van der Waals surface area contributed by atoms with Gasteiger partial charge in [-0.05, 0) is 30.0 Å². The molecule has 1 aromatic carbocycles. The number of pyridine rings is 1. The Morgan fingerprint density at radius 2 is 2.08 bits per heavy atom. The van der Waals surface area contributed by atoms with E-state index in [-0.39, 0.29) is 11.9 Å². The molecule has 3 heterocycles. The van der Waals surface area contributed by atoms with Gasteiger partial charge in [0.2, 0.25) is 0 Å². The number of hydrogen-bond acceptors (Lipinski definition) is 4. The van der Waals surface area contributed by atoms with Crippen molar-refractivity contribution in [3.63, 3.8) is 0 Å². The van der Waals surface area contributed by atoms with Crippen LogP contribution in [0.1, 0.15) is 34.6 Å². The number of aromatic nitrogens is 3. The molecule has 0 spiro atoms. The number of amides is 1. The van der Waals surface area contributed by atoms with E-state index in [2.05, 4.69) is 40.5 Å². The van der Waals surface area contributed by atoms with E-state index in [1.807, 2.05) is 30.2 Å².